The number of aromatic nitrogens is 3. The highest BCUT2D eigenvalue weighted by molar-refractivity contribution is 9.10. The van der Waals surface area contributed by atoms with Crippen molar-refractivity contribution in [1.29, 1.82) is 0 Å². The van der Waals surface area contributed by atoms with Gasteiger partial charge in [0.25, 0.3) is 0 Å². The molecule has 0 radical (unpaired) electrons. The average molecular weight is 325 g/mol. The molecule has 6 heteroatoms. The van der Waals surface area contributed by atoms with Gasteiger partial charge in [-0.25, -0.2) is 15.0 Å². The molecule has 2 aromatic heterocycles. The second-order valence-corrected chi connectivity index (χ2v) is 5.36. The van der Waals surface area contributed by atoms with Gasteiger partial charge >= 0.3 is 0 Å². The fraction of sp³-hybridized carbons (Fsp3) is 0.250. The second kappa shape index (κ2) is 6.82. The molecule has 94 valence electrons. The van der Waals surface area contributed by atoms with Crippen LogP contribution in [0.4, 0.5) is 0 Å². The van der Waals surface area contributed by atoms with Crippen molar-refractivity contribution in [3.05, 3.63) is 40.8 Å². The van der Waals surface area contributed by atoms with Crippen molar-refractivity contribution in [2.24, 2.45) is 0 Å². The second-order valence-electron chi connectivity index (χ2n) is 3.55. The number of pyridine rings is 1. The van der Waals surface area contributed by atoms with Crippen molar-refractivity contribution < 1.29 is 0 Å². The van der Waals surface area contributed by atoms with Gasteiger partial charge in [0.05, 0.1) is 4.47 Å². The fourth-order valence-electron chi connectivity index (χ4n) is 1.29. The number of nitrogens with one attached hydrogen (secondary N) is 1. The van der Waals surface area contributed by atoms with Crippen molar-refractivity contribution in [2.45, 2.75) is 23.7 Å². The molecule has 2 aromatic rings. The SMILES string of the molecule is CCNCc1cnc(Sc2ncccc2Br)nc1. The lowest BCUT2D eigenvalue weighted by atomic mass is 10.3. The van der Waals surface area contributed by atoms with Gasteiger partial charge in [0.1, 0.15) is 5.03 Å². The number of rotatable bonds is 5. The smallest absolute Gasteiger partial charge is 0.193 e. The van der Waals surface area contributed by atoms with Gasteiger partial charge in [-0.05, 0) is 46.4 Å². The van der Waals surface area contributed by atoms with Crippen LogP contribution in [0.5, 0.6) is 0 Å². The molecule has 0 amide bonds. The average Bonchev–Trinajstić information content (AvgIpc) is 2.41. The molecule has 0 atom stereocenters. The Kier molecular flexibility index (Phi) is 5.10. The molecule has 0 saturated carbocycles. The molecular weight excluding hydrogens is 312 g/mol. The van der Waals surface area contributed by atoms with Crippen LogP contribution in [-0.2, 0) is 6.54 Å². The zero-order chi connectivity index (χ0) is 12.8. The molecule has 0 spiro atoms. The summed E-state index contributed by atoms with van der Waals surface area (Å²) in [7, 11) is 0. The standard InChI is InChI=1S/C12H13BrN4S/c1-2-14-6-9-7-16-12(17-8-9)18-11-10(13)4-3-5-15-11/h3-5,7-8,14H,2,6H2,1H3. The zero-order valence-electron chi connectivity index (χ0n) is 9.93. The van der Waals surface area contributed by atoms with Gasteiger partial charge in [-0.15, -0.1) is 0 Å². The van der Waals surface area contributed by atoms with Crippen molar-refractivity contribution in [2.75, 3.05) is 6.54 Å². The molecule has 2 heterocycles. The third-order valence-corrected chi connectivity index (χ3v) is 3.99. The Hall–Kier alpha value is -0.980. The highest BCUT2D eigenvalue weighted by Gasteiger charge is 2.05. The van der Waals surface area contributed by atoms with Gasteiger partial charge in [0.15, 0.2) is 5.16 Å². The highest BCUT2D eigenvalue weighted by atomic mass is 79.9. The number of halogens is 1. The summed E-state index contributed by atoms with van der Waals surface area (Å²) < 4.78 is 0.954. The molecule has 0 aliphatic heterocycles. The van der Waals surface area contributed by atoms with Crippen LogP contribution in [0.1, 0.15) is 12.5 Å². The lowest BCUT2D eigenvalue weighted by Gasteiger charge is -2.03. The van der Waals surface area contributed by atoms with Crippen LogP contribution in [0.2, 0.25) is 0 Å². The summed E-state index contributed by atoms with van der Waals surface area (Å²) in [6.45, 7) is 3.82. The third kappa shape index (κ3) is 3.76. The molecule has 0 saturated heterocycles. The Morgan fingerprint density at radius 3 is 2.72 bits per heavy atom. The van der Waals surface area contributed by atoms with E-state index in [0.29, 0.717) is 5.16 Å². The Morgan fingerprint density at radius 2 is 2.06 bits per heavy atom. The van der Waals surface area contributed by atoms with Crippen LogP contribution in [0, 0.1) is 0 Å². The highest BCUT2D eigenvalue weighted by Crippen LogP contribution is 2.28. The summed E-state index contributed by atoms with van der Waals surface area (Å²) in [5, 5.41) is 4.81. The molecule has 1 N–H and O–H groups in total. The minimum atomic E-state index is 0.703. The summed E-state index contributed by atoms with van der Waals surface area (Å²) in [6.07, 6.45) is 5.44. The Bertz CT molecular complexity index is 504. The fourth-order valence-corrected chi connectivity index (χ4v) is 2.45. The van der Waals surface area contributed by atoms with Crippen LogP contribution in [0.3, 0.4) is 0 Å². The van der Waals surface area contributed by atoms with Crippen LogP contribution < -0.4 is 5.32 Å². The molecule has 18 heavy (non-hydrogen) atoms. The van der Waals surface area contributed by atoms with E-state index in [2.05, 4.69) is 43.1 Å². The van der Waals surface area contributed by atoms with E-state index in [4.69, 9.17) is 0 Å². The van der Waals surface area contributed by atoms with Crippen LogP contribution >= 0.6 is 27.7 Å². The summed E-state index contributed by atoms with van der Waals surface area (Å²) in [4.78, 5) is 12.9. The Morgan fingerprint density at radius 1 is 1.28 bits per heavy atom. The molecule has 4 nitrogen and oxygen atoms in total. The van der Waals surface area contributed by atoms with Gasteiger partial charge in [-0.1, -0.05) is 6.92 Å². The number of hydrogen-bond donors (Lipinski definition) is 1. The van der Waals surface area contributed by atoms with E-state index in [1.807, 2.05) is 24.5 Å². The number of nitrogens with zero attached hydrogens (tertiary/aromatic N) is 3. The first-order chi connectivity index (χ1) is 8.79. The molecule has 0 aliphatic carbocycles. The topological polar surface area (TPSA) is 50.7 Å². The molecule has 2 rings (SSSR count). The first kappa shape index (κ1) is 13.5. The first-order valence-corrected chi connectivity index (χ1v) is 7.20. The van der Waals surface area contributed by atoms with Crippen LogP contribution in [0.15, 0.2) is 45.4 Å². The maximum atomic E-state index is 4.32. The Labute approximate surface area is 119 Å². The summed E-state index contributed by atoms with van der Waals surface area (Å²) >= 11 is 4.90. The maximum absolute atomic E-state index is 4.32. The third-order valence-electron chi connectivity index (χ3n) is 2.17. The lowest BCUT2D eigenvalue weighted by Crippen LogP contribution is -2.12. The van der Waals surface area contributed by atoms with E-state index < -0.39 is 0 Å². The lowest BCUT2D eigenvalue weighted by molar-refractivity contribution is 0.716. The molecule has 0 bridgehead atoms. The molecule has 0 unspecified atom stereocenters. The van der Waals surface area contributed by atoms with E-state index in [9.17, 15) is 0 Å². The van der Waals surface area contributed by atoms with Gasteiger partial charge in [0, 0.05) is 30.7 Å². The van der Waals surface area contributed by atoms with Crippen molar-refractivity contribution >= 4 is 27.7 Å². The maximum Gasteiger partial charge on any atom is 0.193 e. The quantitative estimate of drug-likeness (QED) is 0.857. The Balaban J connectivity index is 2.04. The van der Waals surface area contributed by atoms with Crippen molar-refractivity contribution in [3.8, 4) is 0 Å². The minimum Gasteiger partial charge on any atom is -0.313 e. The monoisotopic (exact) mass is 324 g/mol. The first-order valence-electron chi connectivity index (χ1n) is 5.59. The summed E-state index contributed by atoms with van der Waals surface area (Å²) in [6, 6.07) is 3.84. The number of hydrogen-bond acceptors (Lipinski definition) is 5. The van der Waals surface area contributed by atoms with E-state index in [1.165, 1.54) is 11.8 Å². The zero-order valence-corrected chi connectivity index (χ0v) is 12.3. The van der Waals surface area contributed by atoms with E-state index in [1.54, 1.807) is 6.20 Å². The molecule has 0 fully saturated rings. The summed E-state index contributed by atoms with van der Waals surface area (Å²) in [5.41, 5.74) is 1.08. The predicted octanol–water partition coefficient (Wildman–Crippen LogP) is 2.89. The molecular formula is C12H13BrN4S. The van der Waals surface area contributed by atoms with E-state index in [0.717, 1.165) is 28.2 Å². The minimum absolute atomic E-state index is 0.703. The molecule has 0 aliphatic rings. The predicted molar refractivity (Wildman–Crippen MR) is 75.5 cm³/mol. The normalized spacial score (nSPS) is 10.6. The van der Waals surface area contributed by atoms with Gasteiger partial charge in [-0.2, -0.15) is 0 Å². The summed E-state index contributed by atoms with van der Waals surface area (Å²) in [5.74, 6) is 0. The van der Waals surface area contributed by atoms with Crippen molar-refractivity contribution in [1.82, 2.24) is 20.3 Å². The van der Waals surface area contributed by atoms with Gasteiger partial charge in [0.2, 0.25) is 0 Å². The van der Waals surface area contributed by atoms with E-state index >= 15 is 0 Å². The largest absolute Gasteiger partial charge is 0.313 e. The van der Waals surface area contributed by atoms with Crippen molar-refractivity contribution in [3.63, 3.8) is 0 Å². The van der Waals surface area contributed by atoms with Gasteiger partial charge in [-0.3, -0.25) is 0 Å². The molecule has 0 aromatic carbocycles. The van der Waals surface area contributed by atoms with Gasteiger partial charge < -0.3 is 5.32 Å². The van der Waals surface area contributed by atoms with Crippen LogP contribution in [0.25, 0.3) is 0 Å². The van der Waals surface area contributed by atoms with Crippen LogP contribution in [-0.4, -0.2) is 21.5 Å². The van der Waals surface area contributed by atoms with E-state index in [-0.39, 0.29) is 0 Å².